The van der Waals surface area contributed by atoms with Crippen LogP contribution in [0.3, 0.4) is 0 Å². The monoisotopic (exact) mass is 214 g/mol. The molecule has 4 heteroatoms. The van der Waals surface area contributed by atoms with Gasteiger partial charge in [-0.05, 0) is 24.1 Å². The maximum absolute atomic E-state index is 11.7. The number of benzene rings is 1. The van der Waals surface area contributed by atoms with Gasteiger partial charge in [-0.3, -0.25) is 0 Å². The van der Waals surface area contributed by atoms with Crippen LogP contribution in [0, 0.1) is 0 Å². The van der Waals surface area contributed by atoms with E-state index in [1.807, 2.05) is 0 Å². The number of halogens is 1. The second kappa shape index (κ2) is 4.37. The summed E-state index contributed by atoms with van der Waals surface area (Å²) < 4.78 is 33.8. The number of rotatable bonds is 3. The van der Waals surface area contributed by atoms with Crippen LogP contribution in [0.25, 0.3) is 0 Å². The summed E-state index contributed by atoms with van der Waals surface area (Å²) in [5.41, 5.74) is 0.881. The van der Waals surface area contributed by atoms with Crippen LogP contribution in [0.5, 0.6) is 0 Å². The molecule has 76 valence electrons. The smallest absolute Gasteiger partial charge is 0.175 e. The molecule has 0 aromatic heterocycles. The molecule has 14 heavy (non-hydrogen) atoms. The summed E-state index contributed by atoms with van der Waals surface area (Å²) in [4.78, 5) is 0.283. The minimum absolute atomic E-state index is 0.283. The van der Waals surface area contributed by atoms with Crippen molar-refractivity contribution in [1.82, 2.24) is 0 Å². The molecule has 0 aliphatic heterocycles. The maximum Gasteiger partial charge on any atom is 0.175 e. The lowest BCUT2D eigenvalue weighted by Crippen LogP contribution is -1.96. The third-order valence-electron chi connectivity index (χ3n) is 1.79. The molecule has 1 aromatic rings. The summed E-state index contributed by atoms with van der Waals surface area (Å²) in [6.07, 6.45) is 3.48. The Morgan fingerprint density at radius 3 is 2.29 bits per heavy atom. The molecule has 0 spiro atoms. The van der Waals surface area contributed by atoms with Gasteiger partial charge in [0.1, 0.15) is 0 Å². The molecule has 0 aliphatic carbocycles. The molecule has 0 radical (unpaired) electrons. The third kappa shape index (κ3) is 2.96. The molecule has 0 N–H and O–H groups in total. The Morgan fingerprint density at radius 2 is 1.86 bits per heavy atom. The van der Waals surface area contributed by atoms with Gasteiger partial charge in [0.05, 0.1) is 11.2 Å². The van der Waals surface area contributed by atoms with Crippen molar-refractivity contribution in [2.24, 2.45) is 0 Å². The van der Waals surface area contributed by atoms with Crippen LogP contribution < -0.4 is 0 Å². The molecule has 0 saturated carbocycles. The van der Waals surface area contributed by atoms with E-state index in [9.17, 15) is 12.8 Å². The summed E-state index contributed by atoms with van der Waals surface area (Å²) in [5.74, 6) is 0. The molecule has 0 heterocycles. The van der Waals surface area contributed by atoms with Crippen LogP contribution in [-0.2, 0) is 16.3 Å². The Hall–Kier alpha value is -1.16. The predicted molar refractivity (Wildman–Crippen MR) is 53.5 cm³/mol. The lowest BCUT2D eigenvalue weighted by Gasteiger charge is -1.99. The second-order valence-corrected chi connectivity index (χ2v) is 5.00. The Kier molecular flexibility index (Phi) is 3.41. The van der Waals surface area contributed by atoms with Gasteiger partial charge in [0.2, 0.25) is 0 Å². The standard InChI is InChI=1S/C10H11FO2S/c1-14(12,13)10-6-4-9(5-7-10)3-2-8-11/h2,4-8H,3H2,1H3/b8-2+. The molecule has 0 amide bonds. The highest BCUT2D eigenvalue weighted by molar-refractivity contribution is 7.90. The molecular weight excluding hydrogens is 203 g/mol. The van der Waals surface area contributed by atoms with Crippen molar-refractivity contribution in [3.63, 3.8) is 0 Å². The predicted octanol–water partition coefficient (Wildman–Crippen LogP) is 2.12. The minimum atomic E-state index is -3.13. The van der Waals surface area contributed by atoms with Gasteiger partial charge in [0, 0.05) is 6.26 Å². The number of sulfone groups is 1. The molecule has 0 saturated heterocycles. The first-order valence-corrected chi connectivity index (χ1v) is 5.97. The van der Waals surface area contributed by atoms with Crippen LogP contribution in [0.4, 0.5) is 4.39 Å². The van der Waals surface area contributed by atoms with Crippen molar-refractivity contribution < 1.29 is 12.8 Å². The third-order valence-corrected chi connectivity index (χ3v) is 2.92. The zero-order valence-electron chi connectivity index (χ0n) is 7.77. The lowest BCUT2D eigenvalue weighted by atomic mass is 10.1. The van der Waals surface area contributed by atoms with Crippen molar-refractivity contribution in [2.75, 3.05) is 6.26 Å². The Labute approximate surface area is 83.0 Å². The zero-order valence-corrected chi connectivity index (χ0v) is 8.59. The van der Waals surface area contributed by atoms with E-state index < -0.39 is 9.84 Å². The van der Waals surface area contributed by atoms with E-state index >= 15 is 0 Å². The van der Waals surface area contributed by atoms with Gasteiger partial charge in [-0.15, -0.1) is 0 Å². The SMILES string of the molecule is CS(=O)(=O)c1ccc(C/C=C/F)cc1. The summed E-state index contributed by atoms with van der Waals surface area (Å²) >= 11 is 0. The van der Waals surface area contributed by atoms with Crippen LogP contribution in [0.15, 0.2) is 41.6 Å². The minimum Gasteiger partial charge on any atom is -0.224 e. The number of hydrogen-bond acceptors (Lipinski definition) is 2. The topological polar surface area (TPSA) is 34.1 Å². The van der Waals surface area contributed by atoms with Crippen molar-refractivity contribution in [3.05, 3.63) is 42.2 Å². The van der Waals surface area contributed by atoms with E-state index in [0.717, 1.165) is 11.8 Å². The summed E-state index contributed by atoms with van der Waals surface area (Å²) in [6, 6.07) is 6.40. The lowest BCUT2D eigenvalue weighted by molar-refractivity contribution is 0.602. The van der Waals surface area contributed by atoms with Crippen LogP contribution in [0.2, 0.25) is 0 Å². The van der Waals surface area contributed by atoms with Crippen molar-refractivity contribution in [3.8, 4) is 0 Å². The van der Waals surface area contributed by atoms with Crippen LogP contribution in [0.1, 0.15) is 5.56 Å². The van der Waals surface area contributed by atoms with E-state index in [4.69, 9.17) is 0 Å². The van der Waals surface area contributed by atoms with E-state index in [-0.39, 0.29) is 4.90 Å². The normalized spacial score (nSPS) is 12.1. The highest BCUT2D eigenvalue weighted by Gasteiger charge is 2.05. The number of hydrogen-bond donors (Lipinski definition) is 0. The first-order valence-electron chi connectivity index (χ1n) is 4.08. The summed E-state index contributed by atoms with van der Waals surface area (Å²) in [6.45, 7) is 0. The fourth-order valence-electron chi connectivity index (χ4n) is 1.05. The van der Waals surface area contributed by atoms with Gasteiger partial charge in [0.25, 0.3) is 0 Å². The highest BCUT2D eigenvalue weighted by atomic mass is 32.2. The average Bonchev–Trinajstić information content (AvgIpc) is 2.14. The van der Waals surface area contributed by atoms with Crippen molar-refractivity contribution in [2.45, 2.75) is 11.3 Å². The van der Waals surface area contributed by atoms with Gasteiger partial charge < -0.3 is 0 Å². The first-order chi connectivity index (χ1) is 6.54. The van der Waals surface area contributed by atoms with Gasteiger partial charge >= 0.3 is 0 Å². The molecule has 2 nitrogen and oxygen atoms in total. The highest BCUT2D eigenvalue weighted by Crippen LogP contribution is 2.10. The van der Waals surface area contributed by atoms with E-state index in [1.54, 1.807) is 12.1 Å². The average molecular weight is 214 g/mol. The van der Waals surface area contributed by atoms with Crippen LogP contribution in [-0.4, -0.2) is 14.7 Å². The summed E-state index contributed by atoms with van der Waals surface area (Å²) in [7, 11) is -3.13. The largest absolute Gasteiger partial charge is 0.224 e. The molecule has 1 rings (SSSR count). The van der Waals surface area contributed by atoms with Crippen molar-refractivity contribution >= 4 is 9.84 Å². The van der Waals surface area contributed by atoms with E-state index in [1.165, 1.54) is 18.2 Å². The molecule has 1 aromatic carbocycles. The quantitative estimate of drug-likeness (QED) is 0.772. The fourth-order valence-corrected chi connectivity index (χ4v) is 1.68. The number of allylic oxidation sites excluding steroid dienone is 1. The van der Waals surface area contributed by atoms with Gasteiger partial charge in [0.15, 0.2) is 9.84 Å². The van der Waals surface area contributed by atoms with E-state index in [0.29, 0.717) is 12.8 Å². The Morgan fingerprint density at radius 1 is 1.29 bits per heavy atom. The van der Waals surface area contributed by atoms with E-state index in [2.05, 4.69) is 0 Å². The zero-order chi connectivity index (χ0) is 10.6. The summed E-state index contributed by atoms with van der Waals surface area (Å²) in [5, 5.41) is 0. The fraction of sp³-hybridized carbons (Fsp3) is 0.200. The molecule has 0 unspecified atom stereocenters. The van der Waals surface area contributed by atoms with Gasteiger partial charge in [-0.25, -0.2) is 12.8 Å². The second-order valence-electron chi connectivity index (χ2n) is 2.98. The molecule has 0 bridgehead atoms. The van der Waals surface area contributed by atoms with Gasteiger partial charge in [-0.1, -0.05) is 18.2 Å². The van der Waals surface area contributed by atoms with Crippen LogP contribution >= 0.6 is 0 Å². The van der Waals surface area contributed by atoms with Gasteiger partial charge in [-0.2, -0.15) is 0 Å². The molecule has 0 fully saturated rings. The first kappa shape index (κ1) is 10.9. The molecule has 0 aliphatic rings. The molecule has 0 atom stereocenters. The Balaban J connectivity index is 2.89. The maximum atomic E-state index is 11.7. The Bertz CT molecular complexity index is 418. The van der Waals surface area contributed by atoms with Crippen molar-refractivity contribution in [1.29, 1.82) is 0 Å². The molecular formula is C10H11FO2S.